The predicted octanol–water partition coefficient (Wildman–Crippen LogP) is 24.3. The molecule has 1 saturated heterocycles. The molecule has 1 aliphatic rings. The van der Waals surface area contributed by atoms with Crippen molar-refractivity contribution in [3.05, 3.63) is 503 Å². The molecule has 8 heterocycles. The summed E-state index contributed by atoms with van der Waals surface area (Å²) in [7, 11) is 0. The first-order valence-corrected chi connectivity index (χ1v) is 47.4. The van der Waals surface area contributed by atoms with Gasteiger partial charge in [0.25, 0.3) is 35.4 Å². The summed E-state index contributed by atoms with van der Waals surface area (Å²) >= 11 is 0. The van der Waals surface area contributed by atoms with Crippen LogP contribution in [0.3, 0.4) is 0 Å². The third-order valence-corrected chi connectivity index (χ3v) is 22.0. The molecule has 1 fully saturated rings. The molecule has 29 heteroatoms. The fraction of sp³-hybridized carbons (Fsp3) is 0.151. The van der Waals surface area contributed by atoms with Gasteiger partial charge in [0.2, 0.25) is 0 Å². The third-order valence-electron chi connectivity index (χ3n) is 22.0. The second-order valence-electron chi connectivity index (χ2n) is 34.4. The highest BCUT2D eigenvalue weighted by Crippen LogP contribution is 2.32. The van der Waals surface area contributed by atoms with E-state index in [0.717, 1.165) is 93.3 Å². The number of pyridine rings is 7. The molecule has 6 amide bonds. The fourth-order valence-corrected chi connectivity index (χ4v) is 14.1. The predicted molar refractivity (Wildman–Crippen MR) is 564 cm³/mol. The number of para-hydroxylation sites is 6. The first kappa shape index (κ1) is 107. The van der Waals surface area contributed by atoms with Gasteiger partial charge in [0, 0.05) is 84.8 Å². The number of ether oxygens (including phenoxy) is 7. The lowest BCUT2D eigenvalue weighted by Crippen LogP contribution is -2.44. The number of hydrogen-bond donors (Lipinski definition) is 6. The molecule has 7 aromatic heterocycles. The van der Waals surface area contributed by atoms with Crippen molar-refractivity contribution in [3.8, 4) is 34.5 Å². The molecule has 26 nitrogen and oxygen atoms in total. The highest BCUT2D eigenvalue weighted by Gasteiger charge is 2.33. The summed E-state index contributed by atoms with van der Waals surface area (Å²) in [6, 6.07) is 105. The first-order chi connectivity index (χ1) is 71.8. The van der Waals surface area contributed by atoms with E-state index in [2.05, 4.69) is 80.6 Å². The molecule has 6 N–H and O–H groups in total. The second kappa shape index (κ2) is 55.9. The molecule has 0 saturated carbocycles. The van der Waals surface area contributed by atoms with E-state index >= 15 is 0 Å². The molecular weight excluding hydrogens is 1880 g/mol. The number of anilines is 5. The molecule has 10 aromatic carbocycles. The molecular formula is C119H110F3N13O13. The molecule has 2 atom stereocenters. The van der Waals surface area contributed by atoms with Gasteiger partial charge in [-0.05, 0) is 284 Å². The lowest BCUT2D eigenvalue weighted by Gasteiger charge is -2.38. The van der Waals surface area contributed by atoms with Crippen LogP contribution in [-0.4, -0.2) is 88.6 Å². The Balaban J connectivity index is 0.000000148. The van der Waals surface area contributed by atoms with Crippen molar-refractivity contribution in [3.63, 3.8) is 0 Å². The van der Waals surface area contributed by atoms with Crippen molar-refractivity contribution >= 4 is 64.0 Å². The molecule has 0 aliphatic carbocycles. The molecule has 17 aromatic rings. The van der Waals surface area contributed by atoms with Crippen LogP contribution in [0.1, 0.15) is 147 Å². The highest BCUT2D eigenvalue weighted by molar-refractivity contribution is 6.06. The number of rotatable bonds is 31. The molecule has 0 bridgehead atoms. The molecule has 0 radical (unpaired) electrons. The number of nitrogens with one attached hydrogen (secondary N) is 6. The number of halogens is 3. The van der Waals surface area contributed by atoms with Crippen molar-refractivity contribution in [2.24, 2.45) is 5.92 Å². The molecule has 750 valence electrons. The summed E-state index contributed by atoms with van der Waals surface area (Å²) < 4.78 is 79.0. The lowest BCUT2D eigenvalue weighted by atomic mass is 9.84. The quantitative estimate of drug-likeness (QED) is 0.0235. The monoisotopic (exact) mass is 1990 g/mol. The SMILES string of the molecule is C[C@@H](NC(=O)c1ccc(COc2cccc(F)c2)nc1)C1CCOC(C)(C)C1.Cc1cc(F)cc(NC(=O)c2ccc(COc3ccccc3)nc2)c1.Cc1ccc(NC(=O)c2ccc(COc3ccccc3)nc2)cc1.Cc1ccc(NC(=O)c2ccc(COc3ccccc3)nc2)nc1.O=C(Nc1cccc(F)c1)c1ccc(COc2ccccc2)nc1.O=C(Nc1ccccc1)c1ccc(COc2ccccc2)nc1. The normalized spacial score (nSPS) is 12.0. The van der Waals surface area contributed by atoms with Gasteiger partial charge in [0.05, 0.1) is 73.1 Å². The highest BCUT2D eigenvalue weighted by atomic mass is 19.1. The standard InChI is InChI=1S/C22H27FN2O3.C20H17FN2O2.C20H18N2O2.C19H15FN2O2.C19H17N3O2.C19H16N2O2/c1-15(16-9-10-28-22(2,3)12-16)25-21(26)17-7-8-19(24-13-17)14-27-20-6-4-5-18(23)11-20;1-14-9-16(21)11-18(10-14)23-20(24)15-7-8-17(22-12-15)13-25-19-5-3-2-4-6-19;1-15-7-10-17(11-8-15)22-20(23)16-9-12-18(21-13-16)14-24-19-5-3-2-4-6-19;20-15-5-4-6-16(11-15)22-19(23)14-9-10-17(21-12-14)13-24-18-7-2-1-3-8-18;1-14-7-10-18(21-11-14)22-19(23)15-8-9-16(20-12-15)13-24-17-5-3-2-4-6-17;22-19(21-16-7-3-1-4-8-16)15-11-12-17(20-13-15)14-23-18-9-5-2-6-10-18/h4-8,11,13,15-16H,9-10,12,14H2,1-3H3,(H,25,26);2-12H,13H2,1H3,(H,23,24);2-13H,14H2,1H3,(H,22,23);1-12H,13H2,(H,22,23);2-12H,13H2,1H3,(H,21,22,23);1-13H,14H2,(H,21,22)/t15-,16?;;;;;/m1...../s1. The number of amides is 6. The largest absolute Gasteiger partial charge is 0.487 e. The minimum absolute atomic E-state index is 0.0617. The van der Waals surface area contributed by atoms with Crippen LogP contribution in [0.25, 0.3) is 0 Å². The van der Waals surface area contributed by atoms with Crippen LogP contribution in [0.2, 0.25) is 0 Å². The van der Waals surface area contributed by atoms with E-state index in [0.29, 0.717) is 112 Å². The maximum absolute atomic E-state index is 13.4. The Morgan fingerprint density at radius 2 is 0.608 bits per heavy atom. The summed E-state index contributed by atoms with van der Waals surface area (Å²) in [6.07, 6.45) is 12.7. The van der Waals surface area contributed by atoms with Crippen molar-refractivity contribution in [1.82, 2.24) is 40.2 Å². The van der Waals surface area contributed by atoms with Gasteiger partial charge in [-0.15, -0.1) is 0 Å². The number of aromatic nitrogens is 7. The van der Waals surface area contributed by atoms with E-state index < -0.39 is 5.82 Å². The van der Waals surface area contributed by atoms with Gasteiger partial charge in [-0.25, -0.2) is 18.2 Å². The third kappa shape index (κ3) is 36.9. The van der Waals surface area contributed by atoms with Gasteiger partial charge >= 0.3 is 0 Å². The van der Waals surface area contributed by atoms with Gasteiger partial charge in [0.15, 0.2) is 0 Å². The summed E-state index contributed by atoms with van der Waals surface area (Å²) in [5.41, 5.74) is 12.3. The average molecular weight is 1990 g/mol. The van der Waals surface area contributed by atoms with Crippen LogP contribution in [0.15, 0.2) is 401 Å². The van der Waals surface area contributed by atoms with Gasteiger partial charge in [-0.3, -0.25) is 58.7 Å². The number of nitrogens with zero attached hydrogens (tertiary/aromatic N) is 7. The van der Waals surface area contributed by atoms with E-state index in [1.165, 1.54) is 61.1 Å². The zero-order chi connectivity index (χ0) is 104. The maximum atomic E-state index is 13.4. The zero-order valence-corrected chi connectivity index (χ0v) is 82.2. The Labute approximate surface area is 856 Å². The van der Waals surface area contributed by atoms with Gasteiger partial charge in [-0.1, -0.05) is 145 Å². The zero-order valence-electron chi connectivity index (χ0n) is 82.2. The fourth-order valence-electron chi connectivity index (χ4n) is 14.1. The minimum Gasteiger partial charge on any atom is -0.487 e. The van der Waals surface area contributed by atoms with Crippen LogP contribution >= 0.6 is 0 Å². The molecule has 0 spiro atoms. The van der Waals surface area contributed by atoms with E-state index in [1.807, 2.05) is 233 Å². The van der Waals surface area contributed by atoms with Crippen LogP contribution in [0.5, 0.6) is 34.5 Å². The van der Waals surface area contributed by atoms with Crippen LogP contribution in [-0.2, 0) is 44.4 Å². The van der Waals surface area contributed by atoms with Crippen LogP contribution in [0, 0.1) is 44.1 Å². The Morgan fingerprint density at radius 3 is 0.953 bits per heavy atom. The minimum atomic E-state index is -0.403. The molecule has 1 unspecified atom stereocenters. The second-order valence-corrected chi connectivity index (χ2v) is 34.4. The molecule has 18 rings (SSSR count). The molecule has 1 aliphatic heterocycles. The van der Waals surface area contributed by atoms with Crippen molar-refractivity contribution in [2.45, 2.75) is 106 Å². The number of hydrogen-bond acceptors (Lipinski definition) is 20. The number of benzene rings is 10. The van der Waals surface area contributed by atoms with E-state index in [1.54, 1.807) is 135 Å². The summed E-state index contributed by atoms with van der Waals surface area (Å²) in [5.74, 6) is 2.67. The molecule has 148 heavy (non-hydrogen) atoms. The van der Waals surface area contributed by atoms with Crippen molar-refractivity contribution in [2.75, 3.05) is 33.2 Å². The smallest absolute Gasteiger partial charge is 0.258 e. The van der Waals surface area contributed by atoms with Gasteiger partial charge in [-0.2, -0.15) is 0 Å². The van der Waals surface area contributed by atoms with E-state index in [9.17, 15) is 41.9 Å². The van der Waals surface area contributed by atoms with Gasteiger partial charge < -0.3 is 65.1 Å². The Morgan fingerprint density at radius 1 is 0.297 bits per heavy atom. The number of carbonyl (C=O) groups excluding carboxylic acids is 6. The number of aryl methyl sites for hydroxylation is 3. The Bertz CT molecular complexity index is 6880. The lowest BCUT2D eigenvalue weighted by molar-refractivity contribution is -0.0768. The van der Waals surface area contributed by atoms with Gasteiger partial charge in [0.1, 0.15) is 97.4 Å². The topological polar surface area (TPSA) is 329 Å². The van der Waals surface area contributed by atoms with Crippen LogP contribution < -0.4 is 60.3 Å². The van der Waals surface area contributed by atoms with Crippen LogP contribution in [0.4, 0.5) is 41.7 Å². The first-order valence-electron chi connectivity index (χ1n) is 47.4. The summed E-state index contributed by atoms with van der Waals surface area (Å²) in [5, 5.41) is 16.8. The van der Waals surface area contributed by atoms with Crippen molar-refractivity contribution < 1.29 is 75.1 Å². The summed E-state index contributed by atoms with van der Waals surface area (Å²) in [4.78, 5) is 103. The van der Waals surface area contributed by atoms with E-state index in [4.69, 9.17) is 33.2 Å². The number of carbonyl (C=O) groups is 6. The summed E-state index contributed by atoms with van der Waals surface area (Å²) in [6.45, 7) is 14.6. The van der Waals surface area contributed by atoms with Crippen molar-refractivity contribution in [1.29, 1.82) is 0 Å². The Kier molecular flexibility index (Phi) is 40.4. The maximum Gasteiger partial charge on any atom is 0.258 e. The average Bonchev–Trinajstić information content (AvgIpc) is 0.963. The Hall–Kier alpha value is -18.4. The van der Waals surface area contributed by atoms with E-state index in [-0.39, 0.29) is 65.3 Å².